The highest BCUT2D eigenvalue weighted by atomic mass is 16.6. The number of esters is 1. The second-order valence-corrected chi connectivity index (χ2v) is 14.7. The maximum atomic E-state index is 13.7. The van der Waals surface area contributed by atoms with E-state index in [0.717, 1.165) is 63.4 Å². The van der Waals surface area contributed by atoms with Crippen LogP contribution in [-0.2, 0) is 14.3 Å². The molecule has 0 amide bonds. The molecular formula is C29H42O4. The zero-order valence-electron chi connectivity index (χ0n) is 21.2. The van der Waals surface area contributed by atoms with Crippen molar-refractivity contribution in [3.63, 3.8) is 0 Å². The zero-order chi connectivity index (χ0) is 23.4. The molecule has 1 spiro atoms. The number of hydrogen-bond acceptors (Lipinski definition) is 4. The lowest BCUT2D eigenvalue weighted by Crippen LogP contribution is -2.74. The molecule has 0 aromatic heterocycles. The van der Waals surface area contributed by atoms with Crippen molar-refractivity contribution in [1.82, 2.24) is 0 Å². The fourth-order valence-corrected chi connectivity index (χ4v) is 11.3. The SMILES string of the molecule is C=C1[C@@H](O)CC[C@]2(C)[C@H]3[C@@H]4O[C@@H]4[C@]45OC(=O)[C@@]6(CCC(C)(C)C[C@H]64)CC[C@@]5(C)[C@]3(C)CC[C@@H]12. The Labute approximate surface area is 198 Å². The predicted octanol–water partition coefficient (Wildman–Crippen LogP) is 5.43. The average molecular weight is 455 g/mol. The number of rotatable bonds is 0. The third-order valence-corrected chi connectivity index (χ3v) is 13.3. The molecule has 4 nitrogen and oxygen atoms in total. The van der Waals surface area contributed by atoms with Crippen LogP contribution in [0, 0.1) is 44.8 Å². The Morgan fingerprint density at radius 3 is 2.45 bits per heavy atom. The Morgan fingerprint density at radius 2 is 1.70 bits per heavy atom. The average Bonchev–Trinajstić information content (AvgIpc) is 3.49. The van der Waals surface area contributed by atoms with Gasteiger partial charge in [-0.2, -0.15) is 0 Å². The minimum Gasteiger partial charge on any atom is -0.455 e. The molecule has 7 rings (SSSR count). The molecule has 4 heteroatoms. The molecule has 2 saturated heterocycles. The number of carbonyl (C=O) groups is 1. The van der Waals surface area contributed by atoms with Gasteiger partial charge in [-0.1, -0.05) is 41.2 Å². The van der Waals surface area contributed by atoms with Gasteiger partial charge in [-0.05, 0) is 91.4 Å². The molecule has 5 saturated carbocycles. The molecule has 0 aromatic carbocycles. The predicted molar refractivity (Wildman–Crippen MR) is 125 cm³/mol. The molecule has 2 aliphatic heterocycles. The van der Waals surface area contributed by atoms with E-state index in [1.807, 2.05) is 0 Å². The highest BCUT2D eigenvalue weighted by molar-refractivity contribution is 5.82. The van der Waals surface area contributed by atoms with Gasteiger partial charge in [-0.15, -0.1) is 0 Å². The Kier molecular flexibility index (Phi) is 3.73. The van der Waals surface area contributed by atoms with E-state index in [-0.39, 0.29) is 57.3 Å². The number of ether oxygens (including phenoxy) is 2. The van der Waals surface area contributed by atoms with E-state index >= 15 is 0 Å². The highest BCUT2D eigenvalue weighted by Gasteiger charge is 2.88. The third kappa shape index (κ3) is 2.06. The van der Waals surface area contributed by atoms with Gasteiger partial charge in [0.25, 0.3) is 0 Å². The van der Waals surface area contributed by atoms with Crippen LogP contribution in [0.4, 0.5) is 0 Å². The molecule has 33 heavy (non-hydrogen) atoms. The standard InChI is InChI=1S/C29H42O4/c1-16-17-7-10-26(5)21(25(17,4)9-8-18(16)30)20-22(32-20)29-19-15-24(2,3)11-13-28(19,23(31)33-29)14-12-27(26,29)6/h17-22,30H,1,7-15H2,2-6H3/t17-,18-,19+,20-,21+,22-,25-,26+,27-,28-,29+/m0/s1. The van der Waals surface area contributed by atoms with E-state index in [0.29, 0.717) is 11.8 Å². The summed E-state index contributed by atoms with van der Waals surface area (Å²) in [5.74, 6) is 1.17. The molecular weight excluding hydrogens is 412 g/mol. The summed E-state index contributed by atoms with van der Waals surface area (Å²) in [6, 6.07) is 0. The molecule has 0 aromatic rings. The minimum atomic E-state index is -0.468. The monoisotopic (exact) mass is 454 g/mol. The van der Waals surface area contributed by atoms with E-state index in [4.69, 9.17) is 9.47 Å². The van der Waals surface area contributed by atoms with Gasteiger partial charge < -0.3 is 14.6 Å². The first-order chi connectivity index (χ1) is 15.4. The fourth-order valence-electron chi connectivity index (χ4n) is 11.3. The van der Waals surface area contributed by atoms with Gasteiger partial charge in [-0.25, -0.2) is 0 Å². The van der Waals surface area contributed by atoms with E-state index in [1.54, 1.807) is 0 Å². The normalized spacial score (nSPS) is 62.2. The lowest BCUT2D eigenvalue weighted by Gasteiger charge is -2.71. The Balaban J connectivity index is 1.39. The van der Waals surface area contributed by atoms with E-state index in [2.05, 4.69) is 41.2 Å². The first-order valence-corrected chi connectivity index (χ1v) is 13.6. The summed E-state index contributed by atoms with van der Waals surface area (Å²) >= 11 is 0. The van der Waals surface area contributed by atoms with Crippen molar-refractivity contribution in [2.45, 2.75) is 116 Å². The summed E-state index contributed by atoms with van der Waals surface area (Å²) in [4.78, 5) is 13.7. The van der Waals surface area contributed by atoms with Crippen LogP contribution in [0.5, 0.6) is 0 Å². The smallest absolute Gasteiger partial charge is 0.313 e. The van der Waals surface area contributed by atoms with Gasteiger partial charge in [0.15, 0.2) is 5.60 Å². The highest BCUT2D eigenvalue weighted by Crippen LogP contribution is 2.83. The van der Waals surface area contributed by atoms with Crippen LogP contribution in [0.15, 0.2) is 12.2 Å². The summed E-state index contributed by atoms with van der Waals surface area (Å²) in [5, 5.41) is 10.6. The molecule has 1 N–H and O–H groups in total. The number of aliphatic hydroxyl groups is 1. The maximum absolute atomic E-state index is 13.7. The van der Waals surface area contributed by atoms with Crippen molar-refractivity contribution < 1.29 is 19.4 Å². The largest absolute Gasteiger partial charge is 0.455 e. The van der Waals surface area contributed by atoms with Crippen molar-refractivity contribution in [3.05, 3.63) is 12.2 Å². The Bertz CT molecular complexity index is 971. The van der Waals surface area contributed by atoms with Crippen LogP contribution in [0.3, 0.4) is 0 Å². The summed E-state index contributed by atoms with van der Waals surface area (Å²) < 4.78 is 13.5. The van der Waals surface area contributed by atoms with Crippen LogP contribution in [0.1, 0.15) is 92.4 Å². The topological polar surface area (TPSA) is 59.1 Å². The van der Waals surface area contributed by atoms with E-state index in [9.17, 15) is 9.90 Å². The number of carbonyl (C=O) groups excluding carboxylic acids is 1. The van der Waals surface area contributed by atoms with Gasteiger partial charge in [-0.3, -0.25) is 4.79 Å². The van der Waals surface area contributed by atoms with Crippen molar-refractivity contribution in [2.24, 2.45) is 44.8 Å². The third-order valence-electron chi connectivity index (χ3n) is 13.3. The maximum Gasteiger partial charge on any atom is 0.313 e. The first-order valence-electron chi connectivity index (χ1n) is 13.6. The number of hydrogen-bond donors (Lipinski definition) is 1. The molecule has 0 unspecified atom stereocenters. The van der Waals surface area contributed by atoms with Gasteiger partial charge in [0.2, 0.25) is 0 Å². The summed E-state index contributed by atoms with van der Waals surface area (Å²) in [6.45, 7) is 16.6. The molecule has 5 aliphatic carbocycles. The van der Waals surface area contributed by atoms with Crippen LogP contribution in [-0.4, -0.2) is 35.0 Å². The quantitative estimate of drug-likeness (QED) is 0.301. The van der Waals surface area contributed by atoms with Crippen molar-refractivity contribution in [1.29, 1.82) is 0 Å². The van der Waals surface area contributed by atoms with E-state index < -0.39 is 5.60 Å². The molecule has 7 aliphatic rings. The summed E-state index contributed by atoms with van der Waals surface area (Å²) in [6.07, 6.45) is 9.12. The lowest BCUT2D eigenvalue weighted by atomic mass is 9.31. The molecule has 182 valence electrons. The van der Waals surface area contributed by atoms with Crippen molar-refractivity contribution >= 4 is 5.97 Å². The van der Waals surface area contributed by atoms with Gasteiger partial charge in [0, 0.05) is 11.3 Å². The van der Waals surface area contributed by atoms with Crippen LogP contribution in [0.25, 0.3) is 0 Å². The zero-order valence-corrected chi connectivity index (χ0v) is 21.2. The van der Waals surface area contributed by atoms with Crippen molar-refractivity contribution in [3.8, 4) is 0 Å². The molecule has 0 radical (unpaired) electrons. The lowest BCUT2D eigenvalue weighted by molar-refractivity contribution is -0.259. The molecule has 2 bridgehead atoms. The van der Waals surface area contributed by atoms with Crippen LogP contribution >= 0.6 is 0 Å². The van der Waals surface area contributed by atoms with Gasteiger partial charge in [0.05, 0.1) is 17.6 Å². The molecule has 2 heterocycles. The Hall–Kier alpha value is -0.870. The minimum absolute atomic E-state index is 0.0429. The molecule has 7 fully saturated rings. The summed E-state index contributed by atoms with van der Waals surface area (Å²) in [5.41, 5.74) is 0.617. The van der Waals surface area contributed by atoms with Crippen molar-refractivity contribution in [2.75, 3.05) is 0 Å². The second-order valence-electron chi connectivity index (χ2n) is 14.7. The number of epoxide rings is 1. The summed E-state index contributed by atoms with van der Waals surface area (Å²) in [7, 11) is 0. The van der Waals surface area contributed by atoms with E-state index in [1.165, 1.54) is 0 Å². The van der Waals surface area contributed by atoms with Gasteiger partial charge in [0.1, 0.15) is 6.10 Å². The second kappa shape index (κ2) is 5.75. The Morgan fingerprint density at radius 1 is 0.970 bits per heavy atom. The first kappa shape index (κ1) is 21.4. The van der Waals surface area contributed by atoms with Crippen LogP contribution in [0.2, 0.25) is 0 Å². The van der Waals surface area contributed by atoms with Gasteiger partial charge >= 0.3 is 5.97 Å². The van der Waals surface area contributed by atoms with Crippen LogP contribution < -0.4 is 0 Å². The number of fused-ring (bicyclic) bond motifs is 6. The fraction of sp³-hybridized carbons (Fsp3) is 0.897. The number of aliphatic hydroxyl groups excluding tert-OH is 1. The molecule has 11 atom stereocenters.